The second kappa shape index (κ2) is 6.73. The van der Waals surface area contributed by atoms with Crippen molar-refractivity contribution in [1.29, 1.82) is 0 Å². The molecule has 1 amide bonds. The molecule has 1 unspecified atom stereocenters. The Kier molecular flexibility index (Phi) is 4.98. The van der Waals surface area contributed by atoms with Crippen molar-refractivity contribution in [2.45, 2.75) is 6.04 Å². The van der Waals surface area contributed by atoms with E-state index in [-0.39, 0.29) is 24.6 Å². The quantitative estimate of drug-likeness (QED) is 0.827. The Morgan fingerprint density at radius 2 is 2.19 bits per heavy atom. The first-order valence-corrected chi connectivity index (χ1v) is 6.54. The van der Waals surface area contributed by atoms with Crippen LogP contribution in [0.5, 0.6) is 0 Å². The highest BCUT2D eigenvalue weighted by molar-refractivity contribution is 5.98. The molecule has 114 valence electrons. The first-order valence-electron chi connectivity index (χ1n) is 6.54. The van der Waals surface area contributed by atoms with E-state index in [1.54, 1.807) is 4.90 Å². The lowest BCUT2D eigenvalue weighted by Gasteiger charge is -2.33. The van der Waals surface area contributed by atoms with Gasteiger partial charge >= 0.3 is 0 Å². The molecule has 5 nitrogen and oxygen atoms in total. The maximum absolute atomic E-state index is 13.6. The number of nitrogens with zero attached hydrogens (tertiary/aromatic N) is 1. The Morgan fingerprint density at radius 3 is 2.86 bits per heavy atom. The van der Waals surface area contributed by atoms with Crippen LogP contribution in [0.1, 0.15) is 10.4 Å². The van der Waals surface area contributed by atoms with Gasteiger partial charge in [0.2, 0.25) is 5.91 Å². The topological polar surface area (TPSA) is 58.6 Å². The largest absolute Gasteiger partial charge is 0.378 e. The van der Waals surface area contributed by atoms with Crippen LogP contribution < -0.4 is 5.32 Å². The number of hydrogen-bond acceptors (Lipinski definition) is 4. The number of nitrogens with one attached hydrogen (secondary N) is 1. The van der Waals surface area contributed by atoms with Gasteiger partial charge in [-0.25, -0.2) is 8.78 Å². The van der Waals surface area contributed by atoms with Gasteiger partial charge in [0.1, 0.15) is 17.7 Å². The standard InChI is InChI=1S/C14H16F2N2O3/c1-17-14(20)12-8-21-5-4-18(12)7-13(19)10-3-2-9(15)6-11(10)16/h2-3,6,12H,4-5,7-8H2,1H3,(H,17,20). The van der Waals surface area contributed by atoms with Crippen LogP contribution >= 0.6 is 0 Å². The first-order chi connectivity index (χ1) is 10.0. The number of amides is 1. The molecule has 1 aliphatic heterocycles. The van der Waals surface area contributed by atoms with Crippen LogP contribution in [0.3, 0.4) is 0 Å². The molecular formula is C14H16F2N2O3. The fourth-order valence-corrected chi connectivity index (χ4v) is 2.22. The van der Waals surface area contributed by atoms with E-state index in [9.17, 15) is 18.4 Å². The molecule has 1 atom stereocenters. The number of ketones is 1. The minimum absolute atomic E-state index is 0.121. The summed E-state index contributed by atoms with van der Waals surface area (Å²) in [6.07, 6.45) is 0. The molecule has 2 rings (SSSR count). The molecule has 0 saturated carbocycles. The van der Waals surface area contributed by atoms with Gasteiger partial charge in [0, 0.05) is 19.7 Å². The summed E-state index contributed by atoms with van der Waals surface area (Å²) in [5, 5.41) is 2.50. The highest BCUT2D eigenvalue weighted by atomic mass is 19.1. The molecule has 0 aromatic heterocycles. The van der Waals surface area contributed by atoms with Gasteiger partial charge in [0.15, 0.2) is 5.78 Å². The fraction of sp³-hybridized carbons (Fsp3) is 0.429. The maximum Gasteiger partial charge on any atom is 0.239 e. The summed E-state index contributed by atoms with van der Waals surface area (Å²) in [6, 6.07) is 2.23. The van der Waals surface area contributed by atoms with Crippen molar-refractivity contribution in [3.05, 3.63) is 35.4 Å². The summed E-state index contributed by atoms with van der Waals surface area (Å²) in [4.78, 5) is 25.5. The van der Waals surface area contributed by atoms with Crippen LogP contribution in [0.25, 0.3) is 0 Å². The van der Waals surface area contributed by atoms with Crippen molar-refractivity contribution in [1.82, 2.24) is 10.2 Å². The number of morpholine rings is 1. The molecule has 1 aromatic carbocycles. The van der Waals surface area contributed by atoms with Crippen molar-refractivity contribution < 1.29 is 23.1 Å². The molecule has 0 spiro atoms. The SMILES string of the molecule is CNC(=O)C1COCCN1CC(=O)c1ccc(F)cc1F. The zero-order chi connectivity index (χ0) is 15.4. The fourth-order valence-electron chi connectivity index (χ4n) is 2.22. The van der Waals surface area contributed by atoms with Gasteiger partial charge in [0.25, 0.3) is 0 Å². The predicted octanol–water partition coefficient (Wildman–Crippen LogP) is 0.594. The molecule has 0 bridgehead atoms. The molecule has 1 fully saturated rings. The van der Waals surface area contributed by atoms with Gasteiger partial charge in [-0.3, -0.25) is 14.5 Å². The summed E-state index contributed by atoms with van der Waals surface area (Å²) in [6.45, 7) is 0.849. The summed E-state index contributed by atoms with van der Waals surface area (Å²) in [5.41, 5.74) is -0.182. The highest BCUT2D eigenvalue weighted by Crippen LogP contribution is 2.13. The molecule has 0 radical (unpaired) electrons. The summed E-state index contributed by atoms with van der Waals surface area (Å²) in [7, 11) is 1.50. The lowest BCUT2D eigenvalue weighted by molar-refractivity contribution is -0.131. The molecule has 7 heteroatoms. The number of carbonyl (C=O) groups excluding carboxylic acids is 2. The predicted molar refractivity (Wildman–Crippen MR) is 70.9 cm³/mol. The second-order valence-corrected chi connectivity index (χ2v) is 4.72. The van der Waals surface area contributed by atoms with Crippen LogP contribution in [-0.4, -0.2) is 56.0 Å². The van der Waals surface area contributed by atoms with Crippen molar-refractivity contribution >= 4 is 11.7 Å². The minimum atomic E-state index is -0.898. The Labute approximate surface area is 120 Å². The summed E-state index contributed by atoms with van der Waals surface area (Å²) < 4.78 is 31.7. The van der Waals surface area contributed by atoms with Gasteiger partial charge < -0.3 is 10.1 Å². The first kappa shape index (κ1) is 15.5. The average Bonchev–Trinajstić information content (AvgIpc) is 2.46. The number of ether oxygens (including phenoxy) is 1. The van der Waals surface area contributed by atoms with E-state index in [0.717, 1.165) is 12.1 Å². The lowest BCUT2D eigenvalue weighted by atomic mass is 10.1. The molecule has 1 aromatic rings. The van der Waals surface area contributed by atoms with E-state index >= 15 is 0 Å². The van der Waals surface area contributed by atoms with Crippen LogP contribution in [-0.2, 0) is 9.53 Å². The molecule has 1 aliphatic rings. The van der Waals surface area contributed by atoms with Crippen LogP contribution in [0.4, 0.5) is 8.78 Å². The van der Waals surface area contributed by atoms with Gasteiger partial charge in [-0.05, 0) is 12.1 Å². The molecule has 0 aliphatic carbocycles. The third-order valence-corrected chi connectivity index (χ3v) is 3.37. The average molecular weight is 298 g/mol. The minimum Gasteiger partial charge on any atom is -0.378 e. The van der Waals surface area contributed by atoms with Gasteiger partial charge in [-0.2, -0.15) is 0 Å². The zero-order valence-electron chi connectivity index (χ0n) is 11.6. The highest BCUT2D eigenvalue weighted by Gasteiger charge is 2.30. The van der Waals surface area contributed by atoms with E-state index in [0.29, 0.717) is 19.2 Å². The van der Waals surface area contributed by atoms with Crippen LogP contribution in [0.2, 0.25) is 0 Å². The number of halogens is 2. The monoisotopic (exact) mass is 298 g/mol. The van der Waals surface area contributed by atoms with Crippen molar-refractivity contribution in [2.24, 2.45) is 0 Å². The Morgan fingerprint density at radius 1 is 1.43 bits per heavy atom. The van der Waals surface area contributed by atoms with Crippen molar-refractivity contribution in [3.63, 3.8) is 0 Å². The number of likely N-dealkylation sites (N-methyl/N-ethyl adjacent to an activating group) is 1. The molecule has 21 heavy (non-hydrogen) atoms. The third kappa shape index (κ3) is 3.62. The van der Waals surface area contributed by atoms with E-state index in [1.807, 2.05) is 0 Å². The molecule has 1 saturated heterocycles. The Balaban J connectivity index is 2.11. The molecule has 1 N–H and O–H groups in total. The zero-order valence-corrected chi connectivity index (χ0v) is 11.6. The maximum atomic E-state index is 13.6. The number of carbonyl (C=O) groups is 2. The van der Waals surface area contributed by atoms with Crippen molar-refractivity contribution in [2.75, 3.05) is 33.4 Å². The normalized spacial score (nSPS) is 19.3. The van der Waals surface area contributed by atoms with E-state index in [4.69, 9.17) is 4.74 Å². The number of rotatable bonds is 4. The van der Waals surface area contributed by atoms with E-state index in [2.05, 4.69) is 5.32 Å². The molecular weight excluding hydrogens is 282 g/mol. The number of hydrogen-bond donors (Lipinski definition) is 1. The van der Waals surface area contributed by atoms with E-state index < -0.39 is 23.5 Å². The third-order valence-electron chi connectivity index (χ3n) is 3.37. The Hall–Kier alpha value is -1.86. The van der Waals surface area contributed by atoms with Crippen LogP contribution in [0, 0.1) is 11.6 Å². The van der Waals surface area contributed by atoms with Gasteiger partial charge in [-0.15, -0.1) is 0 Å². The van der Waals surface area contributed by atoms with Gasteiger partial charge in [0.05, 0.1) is 25.3 Å². The summed E-state index contributed by atoms with van der Waals surface area (Å²) in [5.74, 6) is -2.39. The number of benzene rings is 1. The number of Topliss-reactive ketones (excluding diaryl/α,β-unsaturated/α-hetero) is 1. The van der Waals surface area contributed by atoms with Gasteiger partial charge in [-0.1, -0.05) is 0 Å². The van der Waals surface area contributed by atoms with Crippen LogP contribution in [0.15, 0.2) is 18.2 Å². The van der Waals surface area contributed by atoms with Crippen molar-refractivity contribution in [3.8, 4) is 0 Å². The molecule has 1 heterocycles. The lowest BCUT2D eigenvalue weighted by Crippen LogP contribution is -2.54. The smallest absolute Gasteiger partial charge is 0.239 e. The second-order valence-electron chi connectivity index (χ2n) is 4.72. The summed E-state index contributed by atoms with van der Waals surface area (Å²) >= 11 is 0. The Bertz CT molecular complexity index is 551. The van der Waals surface area contributed by atoms with E-state index in [1.165, 1.54) is 7.05 Å².